The Morgan fingerprint density at radius 1 is 1.04 bits per heavy atom. The molecule has 5 heteroatoms. The van der Waals surface area contributed by atoms with Gasteiger partial charge in [0.2, 0.25) is 0 Å². The number of hydrogen-bond donors (Lipinski definition) is 0. The van der Waals surface area contributed by atoms with E-state index in [0.29, 0.717) is 6.04 Å². The lowest BCUT2D eigenvalue weighted by Gasteiger charge is -2.37. The molecule has 2 saturated heterocycles. The van der Waals surface area contributed by atoms with E-state index in [4.69, 9.17) is 16.3 Å². The minimum atomic E-state index is 0.112. The highest BCUT2D eigenvalue weighted by Crippen LogP contribution is 2.26. The van der Waals surface area contributed by atoms with Crippen LogP contribution in [0.4, 0.5) is 0 Å². The molecule has 0 N–H and O–H groups in total. The number of ether oxygens (including phenoxy) is 1. The third-order valence-corrected chi connectivity index (χ3v) is 6.79. The monoisotopic (exact) mass is 406 g/mol. The van der Waals surface area contributed by atoms with Crippen LogP contribution in [0.2, 0.25) is 5.02 Å². The Morgan fingerprint density at radius 2 is 1.68 bits per heavy atom. The fourth-order valence-corrected chi connectivity index (χ4v) is 4.65. The first-order valence-corrected chi connectivity index (χ1v) is 11.3. The van der Waals surface area contributed by atoms with Gasteiger partial charge in [0, 0.05) is 24.2 Å². The number of benzene rings is 1. The van der Waals surface area contributed by atoms with Crippen LogP contribution in [0.5, 0.6) is 5.75 Å². The summed E-state index contributed by atoms with van der Waals surface area (Å²) >= 11 is 6.23. The van der Waals surface area contributed by atoms with Crippen molar-refractivity contribution in [3.8, 4) is 5.75 Å². The van der Waals surface area contributed by atoms with Crippen LogP contribution in [0.1, 0.15) is 62.5 Å². The molecular weight excluding hydrogens is 372 g/mol. The number of carbonyl (C=O) groups excluding carboxylic acids is 1. The Balaban J connectivity index is 1.53. The maximum Gasteiger partial charge on any atom is 0.260 e. The number of piperidine rings is 1. The van der Waals surface area contributed by atoms with Gasteiger partial charge in [0.25, 0.3) is 5.91 Å². The van der Waals surface area contributed by atoms with Crippen molar-refractivity contribution in [3.05, 3.63) is 28.3 Å². The minimum absolute atomic E-state index is 0.112. The zero-order valence-corrected chi connectivity index (χ0v) is 18.3. The summed E-state index contributed by atoms with van der Waals surface area (Å²) in [6, 6.07) is 4.19. The van der Waals surface area contributed by atoms with Gasteiger partial charge in [0.15, 0.2) is 6.61 Å². The molecule has 0 unspecified atom stereocenters. The molecule has 2 aliphatic heterocycles. The summed E-state index contributed by atoms with van der Waals surface area (Å²) in [5.41, 5.74) is 1.97. The van der Waals surface area contributed by atoms with Crippen molar-refractivity contribution in [3.63, 3.8) is 0 Å². The molecule has 0 aliphatic carbocycles. The van der Waals surface area contributed by atoms with Crippen molar-refractivity contribution in [1.82, 2.24) is 9.80 Å². The fourth-order valence-electron chi connectivity index (χ4n) is 4.54. The lowest BCUT2D eigenvalue weighted by atomic mass is 9.99. The summed E-state index contributed by atoms with van der Waals surface area (Å²) in [5.74, 6) is 0.844. The Morgan fingerprint density at radius 3 is 2.36 bits per heavy atom. The van der Waals surface area contributed by atoms with Crippen LogP contribution in [0, 0.1) is 13.8 Å². The van der Waals surface area contributed by atoms with Crippen LogP contribution in [0.15, 0.2) is 12.1 Å². The van der Waals surface area contributed by atoms with Gasteiger partial charge in [-0.3, -0.25) is 4.79 Å². The summed E-state index contributed by atoms with van der Waals surface area (Å²) in [7, 11) is 0. The summed E-state index contributed by atoms with van der Waals surface area (Å²) in [6.45, 7) is 8.47. The summed E-state index contributed by atoms with van der Waals surface area (Å²) in [5, 5.41) is 0.767. The standard InChI is InChI=1S/C23H35ClN2O2/c1-18-15-21(16-19(2)23(18)24)28-17-22(27)26-13-8-5-9-20(26)10-14-25-11-6-3-4-7-12-25/h15-16,20H,3-14,17H2,1-2H3/t20-/m0/s1. The third kappa shape index (κ3) is 5.87. The van der Waals surface area contributed by atoms with E-state index < -0.39 is 0 Å². The molecular formula is C23H35ClN2O2. The van der Waals surface area contributed by atoms with Gasteiger partial charge in [-0.15, -0.1) is 0 Å². The molecule has 2 heterocycles. The van der Waals surface area contributed by atoms with Gasteiger partial charge in [-0.25, -0.2) is 0 Å². The maximum atomic E-state index is 12.9. The van der Waals surface area contributed by atoms with Crippen molar-refractivity contribution in [2.24, 2.45) is 0 Å². The van der Waals surface area contributed by atoms with E-state index in [0.717, 1.165) is 54.3 Å². The van der Waals surface area contributed by atoms with Gasteiger partial charge >= 0.3 is 0 Å². The SMILES string of the molecule is Cc1cc(OCC(=O)N2CCCC[C@H]2CCN2CCCCCC2)cc(C)c1Cl. The molecule has 1 aromatic carbocycles. The van der Waals surface area contributed by atoms with E-state index in [2.05, 4.69) is 9.80 Å². The molecule has 0 radical (unpaired) electrons. The van der Waals surface area contributed by atoms with Crippen LogP contribution in [0.25, 0.3) is 0 Å². The normalized spacial score (nSPS) is 21.4. The first-order chi connectivity index (χ1) is 13.5. The first kappa shape index (κ1) is 21.4. The predicted molar refractivity (Wildman–Crippen MR) is 115 cm³/mol. The number of halogens is 1. The number of carbonyl (C=O) groups is 1. The molecule has 28 heavy (non-hydrogen) atoms. The van der Waals surface area contributed by atoms with Crippen LogP contribution < -0.4 is 4.74 Å². The second-order valence-corrected chi connectivity index (χ2v) is 8.82. The zero-order valence-electron chi connectivity index (χ0n) is 17.5. The number of aryl methyl sites for hydroxylation is 2. The summed E-state index contributed by atoms with van der Waals surface area (Å²) < 4.78 is 5.84. The zero-order chi connectivity index (χ0) is 19.9. The van der Waals surface area contributed by atoms with Gasteiger partial charge < -0.3 is 14.5 Å². The van der Waals surface area contributed by atoms with Gasteiger partial charge in [-0.1, -0.05) is 24.4 Å². The summed E-state index contributed by atoms with van der Waals surface area (Å²) in [4.78, 5) is 17.6. The Kier molecular flexibility index (Phi) is 8.04. The molecule has 0 spiro atoms. The molecule has 4 nitrogen and oxygen atoms in total. The molecule has 0 bridgehead atoms. The molecule has 1 aromatic rings. The molecule has 0 saturated carbocycles. The van der Waals surface area contributed by atoms with E-state index in [1.807, 2.05) is 26.0 Å². The maximum absolute atomic E-state index is 12.9. The topological polar surface area (TPSA) is 32.8 Å². The lowest BCUT2D eigenvalue weighted by molar-refractivity contribution is -0.137. The minimum Gasteiger partial charge on any atom is -0.484 e. The van der Waals surface area contributed by atoms with Crippen molar-refractivity contribution in [2.75, 3.05) is 32.8 Å². The van der Waals surface area contributed by atoms with E-state index >= 15 is 0 Å². The smallest absolute Gasteiger partial charge is 0.260 e. The van der Waals surface area contributed by atoms with Crippen LogP contribution in [-0.4, -0.2) is 54.5 Å². The third-order valence-electron chi connectivity index (χ3n) is 6.20. The van der Waals surface area contributed by atoms with Crippen LogP contribution in [-0.2, 0) is 4.79 Å². The molecule has 0 aromatic heterocycles. The fraction of sp³-hybridized carbons (Fsp3) is 0.696. The first-order valence-electron chi connectivity index (χ1n) is 11.0. The Labute approximate surface area is 175 Å². The van der Waals surface area contributed by atoms with Crippen LogP contribution >= 0.6 is 11.6 Å². The molecule has 156 valence electrons. The highest BCUT2D eigenvalue weighted by atomic mass is 35.5. The van der Waals surface area contributed by atoms with Crippen molar-refractivity contribution >= 4 is 17.5 Å². The quantitative estimate of drug-likeness (QED) is 0.667. The van der Waals surface area contributed by atoms with Crippen molar-refractivity contribution in [1.29, 1.82) is 0 Å². The highest BCUT2D eigenvalue weighted by molar-refractivity contribution is 6.32. The summed E-state index contributed by atoms with van der Waals surface area (Å²) in [6.07, 6.45) is 9.92. The molecule has 2 aliphatic rings. The van der Waals surface area contributed by atoms with E-state index in [-0.39, 0.29) is 12.5 Å². The van der Waals surface area contributed by atoms with Gasteiger partial charge in [-0.2, -0.15) is 0 Å². The van der Waals surface area contributed by atoms with Gasteiger partial charge in [-0.05, 0) is 88.7 Å². The van der Waals surface area contributed by atoms with Crippen LogP contribution in [0.3, 0.4) is 0 Å². The van der Waals surface area contributed by atoms with Gasteiger partial charge in [0.1, 0.15) is 5.75 Å². The highest BCUT2D eigenvalue weighted by Gasteiger charge is 2.27. The molecule has 2 fully saturated rings. The second-order valence-electron chi connectivity index (χ2n) is 8.44. The predicted octanol–water partition coefficient (Wildman–Crippen LogP) is 4.98. The van der Waals surface area contributed by atoms with Crippen molar-refractivity contribution < 1.29 is 9.53 Å². The lowest BCUT2D eigenvalue weighted by Crippen LogP contribution is -2.47. The van der Waals surface area contributed by atoms with E-state index in [9.17, 15) is 4.79 Å². The number of likely N-dealkylation sites (tertiary alicyclic amines) is 2. The number of nitrogens with zero attached hydrogens (tertiary/aromatic N) is 2. The average Bonchev–Trinajstić information content (AvgIpc) is 2.97. The number of rotatable bonds is 6. The Hall–Kier alpha value is -1.26. The molecule has 1 atom stereocenters. The Bertz CT molecular complexity index is 633. The number of hydrogen-bond acceptors (Lipinski definition) is 3. The van der Waals surface area contributed by atoms with Gasteiger partial charge in [0.05, 0.1) is 0 Å². The van der Waals surface area contributed by atoms with E-state index in [1.54, 1.807) is 0 Å². The largest absolute Gasteiger partial charge is 0.484 e. The number of amides is 1. The second kappa shape index (κ2) is 10.5. The van der Waals surface area contributed by atoms with Crippen molar-refractivity contribution in [2.45, 2.75) is 71.3 Å². The van der Waals surface area contributed by atoms with E-state index in [1.165, 1.54) is 45.2 Å². The molecule has 3 rings (SSSR count). The average molecular weight is 407 g/mol. The molecule has 1 amide bonds.